The van der Waals surface area contributed by atoms with Crippen LogP contribution in [0.4, 0.5) is 5.69 Å². The molecule has 0 fully saturated rings. The highest BCUT2D eigenvalue weighted by molar-refractivity contribution is 5.84. The number of nitrogens with zero attached hydrogens (tertiary/aromatic N) is 1. The lowest BCUT2D eigenvalue weighted by atomic mass is 9.90. The summed E-state index contributed by atoms with van der Waals surface area (Å²) >= 11 is 0. The molecule has 4 aromatic rings. The van der Waals surface area contributed by atoms with Crippen molar-refractivity contribution in [3.63, 3.8) is 0 Å². The zero-order chi connectivity index (χ0) is 23.5. The molecule has 1 atom stereocenters. The highest BCUT2D eigenvalue weighted by atomic mass is 16.7. The number of H-pyrrole nitrogens is 1. The number of para-hydroxylation sites is 1. The molecule has 5 rings (SSSR count). The van der Waals surface area contributed by atoms with Crippen LogP contribution < -0.4 is 19.7 Å². The maximum atomic E-state index is 12.8. The van der Waals surface area contributed by atoms with Crippen LogP contribution in [0, 0.1) is 0 Å². The molecule has 2 heterocycles. The van der Waals surface area contributed by atoms with Gasteiger partial charge in [0, 0.05) is 55.8 Å². The molecule has 3 aromatic carbocycles. The Balaban J connectivity index is 1.31. The fraction of sp³-hybridized carbons (Fsp3) is 0.250. The van der Waals surface area contributed by atoms with Gasteiger partial charge < -0.3 is 24.7 Å². The van der Waals surface area contributed by atoms with E-state index in [1.807, 2.05) is 38.4 Å². The number of carbonyl (C=O) groups is 1. The first-order valence-corrected chi connectivity index (χ1v) is 11.6. The van der Waals surface area contributed by atoms with Crippen molar-refractivity contribution in [2.45, 2.75) is 18.8 Å². The number of anilines is 1. The molecule has 1 aliphatic heterocycles. The summed E-state index contributed by atoms with van der Waals surface area (Å²) in [5.41, 5.74) is 5.67. The normalized spacial score (nSPS) is 13.1. The summed E-state index contributed by atoms with van der Waals surface area (Å²) in [6, 6.07) is 22.7. The summed E-state index contributed by atoms with van der Waals surface area (Å²) in [7, 11) is 4.07. The number of hydrogen-bond acceptors (Lipinski definition) is 4. The largest absolute Gasteiger partial charge is 0.454 e. The van der Waals surface area contributed by atoms with Crippen LogP contribution in [0.1, 0.15) is 29.0 Å². The summed E-state index contributed by atoms with van der Waals surface area (Å²) in [5.74, 6) is 1.59. The van der Waals surface area contributed by atoms with E-state index in [4.69, 9.17) is 9.47 Å². The van der Waals surface area contributed by atoms with Gasteiger partial charge in [0.1, 0.15) is 0 Å². The molecule has 0 saturated heterocycles. The molecule has 1 aliphatic rings. The van der Waals surface area contributed by atoms with Gasteiger partial charge in [-0.3, -0.25) is 4.79 Å². The maximum absolute atomic E-state index is 12.8. The van der Waals surface area contributed by atoms with Crippen molar-refractivity contribution in [3.8, 4) is 11.5 Å². The number of benzene rings is 3. The van der Waals surface area contributed by atoms with Gasteiger partial charge in [0.2, 0.25) is 12.7 Å². The van der Waals surface area contributed by atoms with Gasteiger partial charge in [0.15, 0.2) is 11.5 Å². The number of aromatic amines is 1. The number of carbonyl (C=O) groups excluding carboxylic acids is 1. The quantitative estimate of drug-likeness (QED) is 0.399. The molecule has 1 amide bonds. The first-order chi connectivity index (χ1) is 16.6. The second kappa shape index (κ2) is 9.51. The van der Waals surface area contributed by atoms with Crippen molar-refractivity contribution in [1.29, 1.82) is 0 Å². The molecule has 174 valence electrons. The predicted octanol–water partition coefficient (Wildman–Crippen LogP) is 4.84. The first-order valence-electron chi connectivity index (χ1n) is 11.6. The number of aryl methyl sites for hydroxylation is 1. The molecule has 0 aliphatic carbocycles. The van der Waals surface area contributed by atoms with Crippen LogP contribution in [0.2, 0.25) is 0 Å². The standard InChI is InChI=1S/C28H29N3O3/c1-31(2)21-11-9-20(10-12-21)23(24-17-29-25-6-4-3-5-22(24)25)16-30-28(32)14-8-19-7-13-26-27(15-19)34-18-33-26/h3-7,9-13,15,17,23,29H,8,14,16,18H2,1-2H3,(H,30,32). The van der Waals surface area contributed by atoms with E-state index in [1.165, 1.54) is 16.5 Å². The fourth-order valence-electron chi connectivity index (χ4n) is 4.45. The van der Waals surface area contributed by atoms with Crippen LogP contribution in [-0.2, 0) is 11.2 Å². The van der Waals surface area contributed by atoms with Crippen molar-refractivity contribution in [1.82, 2.24) is 10.3 Å². The molecular weight excluding hydrogens is 426 g/mol. The van der Waals surface area contributed by atoms with E-state index in [1.54, 1.807) is 0 Å². The predicted molar refractivity (Wildman–Crippen MR) is 135 cm³/mol. The first kappa shape index (κ1) is 21.9. The van der Waals surface area contributed by atoms with Gasteiger partial charge in [-0.05, 0) is 53.4 Å². The van der Waals surface area contributed by atoms with E-state index in [0.717, 1.165) is 28.3 Å². The topological polar surface area (TPSA) is 66.6 Å². The second-order valence-electron chi connectivity index (χ2n) is 8.82. The van der Waals surface area contributed by atoms with E-state index < -0.39 is 0 Å². The van der Waals surface area contributed by atoms with Crippen LogP contribution in [-0.4, -0.2) is 38.3 Å². The molecule has 1 aromatic heterocycles. The molecule has 2 N–H and O–H groups in total. The minimum atomic E-state index is 0.0346. The minimum Gasteiger partial charge on any atom is -0.454 e. The Hall–Kier alpha value is -3.93. The second-order valence-corrected chi connectivity index (χ2v) is 8.82. The third kappa shape index (κ3) is 4.57. The molecule has 0 radical (unpaired) electrons. The molecule has 0 spiro atoms. The number of nitrogens with one attached hydrogen (secondary N) is 2. The Kier molecular flexibility index (Phi) is 6.12. The molecule has 34 heavy (non-hydrogen) atoms. The highest BCUT2D eigenvalue weighted by Gasteiger charge is 2.20. The fourth-order valence-corrected chi connectivity index (χ4v) is 4.45. The lowest BCUT2D eigenvalue weighted by Crippen LogP contribution is -2.29. The van der Waals surface area contributed by atoms with E-state index >= 15 is 0 Å². The van der Waals surface area contributed by atoms with Crippen LogP contribution in [0.3, 0.4) is 0 Å². The van der Waals surface area contributed by atoms with Crippen molar-refractivity contribution in [2.24, 2.45) is 0 Å². The monoisotopic (exact) mass is 455 g/mol. The number of ether oxygens (including phenoxy) is 2. The van der Waals surface area contributed by atoms with Gasteiger partial charge in [-0.25, -0.2) is 0 Å². The van der Waals surface area contributed by atoms with Gasteiger partial charge in [0.25, 0.3) is 0 Å². The molecule has 0 bridgehead atoms. The number of rotatable bonds is 8. The SMILES string of the molecule is CN(C)c1ccc(C(CNC(=O)CCc2ccc3c(c2)OCO3)c2c[nH]c3ccccc23)cc1. The van der Waals surface area contributed by atoms with E-state index in [2.05, 4.69) is 63.9 Å². The summed E-state index contributed by atoms with van der Waals surface area (Å²) in [5, 5.41) is 4.35. The average Bonchev–Trinajstić information content (AvgIpc) is 3.50. The Bertz CT molecular complexity index is 1290. The Morgan fingerprint density at radius 2 is 1.82 bits per heavy atom. The smallest absolute Gasteiger partial charge is 0.231 e. The summed E-state index contributed by atoms with van der Waals surface area (Å²) in [6.45, 7) is 0.785. The van der Waals surface area contributed by atoms with Crippen LogP contribution in [0.5, 0.6) is 11.5 Å². The van der Waals surface area contributed by atoms with Gasteiger partial charge >= 0.3 is 0 Å². The highest BCUT2D eigenvalue weighted by Crippen LogP contribution is 2.33. The Morgan fingerprint density at radius 1 is 1.03 bits per heavy atom. The van der Waals surface area contributed by atoms with Crippen molar-refractivity contribution in [3.05, 3.63) is 89.6 Å². The zero-order valence-electron chi connectivity index (χ0n) is 19.5. The van der Waals surface area contributed by atoms with Crippen LogP contribution >= 0.6 is 0 Å². The summed E-state index contributed by atoms with van der Waals surface area (Å²) < 4.78 is 10.8. The number of hydrogen-bond donors (Lipinski definition) is 2. The van der Waals surface area contributed by atoms with Gasteiger partial charge in [-0.2, -0.15) is 0 Å². The van der Waals surface area contributed by atoms with Crippen LogP contribution in [0.15, 0.2) is 72.9 Å². The van der Waals surface area contributed by atoms with Crippen molar-refractivity contribution < 1.29 is 14.3 Å². The van der Waals surface area contributed by atoms with Gasteiger partial charge in [-0.1, -0.05) is 36.4 Å². The lowest BCUT2D eigenvalue weighted by Gasteiger charge is -2.20. The van der Waals surface area contributed by atoms with E-state index in [-0.39, 0.29) is 18.6 Å². The molecule has 0 saturated carbocycles. The third-order valence-electron chi connectivity index (χ3n) is 6.39. The molecule has 6 nitrogen and oxygen atoms in total. The average molecular weight is 456 g/mol. The minimum absolute atomic E-state index is 0.0346. The summed E-state index contributed by atoms with van der Waals surface area (Å²) in [4.78, 5) is 18.2. The zero-order valence-corrected chi connectivity index (χ0v) is 19.5. The molecule has 6 heteroatoms. The number of amides is 1. The van der Waals surface area contributed by atoms with Crippen LogP contribution in [0.25, 0.3) is 10.9 Å². The molecular formula is C28H29N3O3. The Labute approximate surface area is 199 Å². The lowest BCUT2D eigenvalue weighted by molar-refractivity contribution is -0.121. The van der Waals surface area contributed by atoms with Gasteiger partial charge in [0.05, 0.1) is 0 Å². The van der Waals surface area contributed by atoms with Gasteiger partial charge in [-0.15, -0.1) is 0 Å². The third-order valence-corrected chi connectivity index (χ3v) is 6.39. The van der Waals surface area contributed by atoms with Crippen molar-refractivity contribution >= 4 is 22.5 Å². The maximum Gasteiger partial charge on any atom is 0.231 e. The Morgan fingerprint density at radius 3 is 2.65 bits per heavy atom. The number of aromatic nitrogens is 1. The van der Waals surface area contributed by atoms with E-state index in [0.29, 0.717) is 19.4 Å². The number of fused-ring (bicyclic) bond motifs is 2. The summed E-state index contributed by atoms with van der Waals surface area (Å²) in [6.07, 6.45) is 3.13. The molecule has 1 unspecified atom stereocenters. The van der Waals surface area contributed by atoms with E-state index in [9.17, 15) is 4.79 Å². The van der Waals surface area contributed by atoms with Crippen molar-refractivity contribution in [2.75, 3.05) is 32.3 Å².